The zero-order valence-corrected chi connectivity index (χ0v) is 10.2. The molecule has 1 aromatic carbocycles. The van der Waals surface area contributed by atoms with Gasteiger partial charge in [0.2, 0.25) is 0 Å². The number of ketones is 1. The molecule has 1 aliphatic carbocycles. The minimum Gasteiger partial charge on any atom is -0.391 e. The van der Waals surface area contributed by atoms with Gasteiger partial charge in [0.15, 0.2) is 0 Å². The molecule has 0 bridgehead atoms. The molecule has 1 atom stereocenters. The summed E-state index contributed by atoms with van der Waals surface area (Å²) >= 11 is 1.70. The second kappa shape index (κ2) is 4.60. The molecule has 0 aliphatic heterocycles. The van der Waals surface area contributed by atoms with Gasteiger partial charge in [-0.15, -0.1) is 11.8 Å². The minimum atomic E-state index is -0.504. The van der Waals surface area contributed by atoms with Gasteiger partial charge in [0, 0.05) is 16.1 Å². The van der Waals surface area contributed by atoms with Crippen molar-refractivity contribution < 1.29 is 9.90 Å². The van der Waals surface area contributed by atoms with E-state index >= 15 is 0 Å². The summed E-state index contributed by atoms with van der Waals surface area (Å²) in [5.74, 6) is 0.0624. The van der Waals surface area contributed by atoms with Crippen molar-refractivity contribution in [3.63, 3.8) is 0 Å². The molecule has 1 aliphatic rings. The summed E-state index contributed by atoms with van der Waals surface area (Å²) in [5.41, 5.74) is 0. The summed E-state index contributed by atoms with van der Waals surface area (Å²) in [6, 6.07) is 10.1. The number of rotatable bonds is 5. The van der Waals surface area contributed by atoms with Crippen LogP contribution >= 0.6 is 11.8 Å². The number of carbonyl (C=O) groups is 1. The standard InChI is InChI=1S/C13H16O2S/c1-10(14)9-12(15)13(7-8-13)16-11-5-3-2-4-6-11/h2-6,12,15H,7-9H2,1H3/t12-/m1/s1. The predicted molar refractivity (Wildman–Crippen MR) is 65.6 cm³/mol. The zero-order chi connectivity index (χ0) is 11.6. The quantitative estimate of drug-likeness (QED) is 0.854. The second-order valence-electron chi connectivity index (χ2n) is 4.40. The maximum Gasteiger partial charge on any atom is 0.132 e. The maximum atomic E-state index is 11.0. The van der Waals surface area contributed by atoms with Crippen molar-refractivity contribution in [1.82, 2.24) is 0 Å². The van der Waals surface area contributed by atoms with Crippen LogP contribution in [-0.4, -0.2) is 21.7 Å². The van der Waals surface area contributed by atoms with Crippen LogP contribution in [0, 0.1) is 0 Å². The third kappa shape index (κ3) is 2.66. The maximum absolute atomic E-state index is 11.0. The molecular formula is C13H16O2S. The van der Waals surface area contributed by atoms with Gasteiger partial charge < -0.3 is 5.11 Å². The van der Waals surface area contributed by atoms with E-state index in [1.165, 1.54) is 11.8 Å². The van der Waals surface area contributed by atoms with Crippen molar-refractivity contribution in [3.8, 4) is 0 Å². The van der Waals surface area contributed by atoms with Crippen LogP contribution in [0.4, 0.5) is 0 Å². The van der Waals surface area contributed by atoms with Gasteiger partial charge in [-0.2, -0.15) is 0 Å². The number of thioether (sulfide) groups is 1. The van der Waals surface area contributed by atoms with Gasteiger partial charge >= 0.3 is 0 Å². The SMILES string of the molecule is CC(=O)C[C@@H](O)C1(Sc2ccccc2)CC1. The Morgan fingerprint density at radius 1 is 1.44 bits per heavy atom. The lowest BCUT2D eigenvalue weighted by molar-refractivity contribution is -0.118. The summed E-state index contributed by atoms with van der Waals surface area (Å²) in [7, 11) is 0. The smallest absolute Gasteiger partial charge is 0.132 e. The van der Waals surface area contributed by atoms with E-state index in [4.69, 9.17) is 0 Å². The Hall–Kier alpha value is -0.800. The van der Waals surface area contributed by atoms with Gasteiger partial charge in [0.1, 0.15) is 5.78 Å². The van der Waals surface area contributed by atoms with Gasteiger partial charge in [-0.1, -0.05) is 18.2 Å². The molecule has 0 spiro atoms. The van der Waals surface area contributed by atoms with Crippen molar-refractivity contribution in [3.05, 3.63) is 30.3 Å². The van der Waals surface area contributed by atoms with E-state index in [1.54, 1.807) is 11.8 Å². The Morgan fingerprint density at radius 3 is 2.56 bits per heavy atom. The number of hydrogen-bond donors (Lipinski definition) is 1. The average Bonchev–Trinajstić information content (AvgIpc) is 2.99. The Labute approximate surface area is 100 Å². The highest BCUT2D eigenvalue weighted by atomic mass is 32.2. The molecule has 0 unspecified atom stereocenters. The Bertz CT molecular complexity index is 371. The monoisotopic (exact) mass is 236 g/mol. The highest BCUT2D eigenvalue weighted by molar-refractivity contribution is 8.01. The molecule has 0 heterocycles. The van der Waals surface area contributed by atoms with Crippen LogP contribution < -0.4 is 0 Å². The van der Waals surface area contributed by atoms with Gasteiger partial charge in [-0.3, -0.25) is 4.79 Å². The van der Waals surface area contributed by atoms with E-state index in [2.05, 4.69) is 0 Å². The first kappa shape index (κ1) is 11.7. The summed E-state index contributed by atoms with van der Waals surface area (Å²) in [4.78, 5) is 12.2. The van der Waals surface area contributed by atoms with E-state index in [0.717, 1.165) is 12.8 Å². The van der Waals surface area contributed by atoms with Crippen molar-refractivity contribution in [1.29, 1.82) is 0 Å². The second-order valence-corrected chi connectivity index (χ2v) is 5.89. The van der Waals surface area contributed by atoms with Crippen LogP contribution in [0.25, 0.3) is 0 Å². The molecule has 0 saturated heterocycles. The molecule has 3 heteroatoms. The molecule has 0 amide bonds. The topological polar surface area (TPSA) is 37.3 Å². The third-order valence-corrected chi connectivity index (χ3v) is 4.49. The fourth-order valence-electron chi connectivity index (χ4n) is 1.81. The highest BCUT2D eigenvalue weighted by Gasteiger charge is 2.50. The van der Waals surface area contributed by atoms with Crippen molar-refractivity contribution in [2.24, 2.45) is 0 Å². The summed E-state index contributed by atoms with van der Waals surface area (Å²) < 4.78 is -0.104. The van der Waals surface area contributed by atoms with E-state index in [1.807, 2.05) is 30.3 Å². The first-order valence-electron chi connectivity index (χ1n) is 5.54. The minimum absolute atomic E-state index is 0.0624. The average molecular weight is 236 g/mol. The van der Waals surface area contributed by atoms with E-state index in [0.29, 0.717) is 0 Å². The molecule has 86 valence electrons. The van der Waals surface area contributed by atoms with Crippen molar-refractivity contribution in [2.75, 3.05) is 0 Å². The van der Waals surface area contributed by atoms with Crippen LogP contribution in [0.5, 0.6) is 0 Å². The zero-order valence-electron chi connectivity index (χ0n) is 9.35. The van der Waals surface area contributed by atoms with Crippen LogP contribution in [0.3, 0.4) is 0 Å². The molecule has 1 N–H and O–H groups in total. The first-order valence-corrected chi connectivity index (χ1v) is 6.36. The molecule has 16 heavy (non-hydrogen) atoms. The molecule has 2 nitrogen and oxygen atoms in total. The number of benzene rings is 1. The first-order chi connectivity index (χ1) is 7.62. The molecule has 1 fully saturated rings. The van der Waals surface area contributed by atoms with E-state index in [9.17, 15) is 9.90 Å². The van der Waals surface area contributed by atoms with Crippen LogP contribution in [-0.2, 0) is 4.79 Å². The Kier molecular flexibility index (Phi) is 3.36. The number of Topliss-reactive ketones (excluding diaryl/α,β-unsaturated/α-hetero) is 1. The van der Waals surface area contributed by atoms with Gasteiger partial charge in [-0.05, 0) is 31.9 Å². The number of aliphatic hydroxyl groups is 1. The summed E-state index contributed by atoms with van der Waals surface area (Å²) in [6.45, 7) is 1.53. The third-order valence-electron chi connectivity index (χ3n) is 2.90. The Balaban J connectivity index is 2.01. The summed E-state index contributed by atoms with van der Waals surface area (Å²) in [5, 5.41) is 10.0. The van der Waals surface area contributed by atoms with Crippen molar-refractivity contribution in [2.45, 2.75) is 41.9 Å². The molecular weight excluding hydrogens is 220 g/mol. The highest BCUT2D eigenvalue weighted by Crippen LogP contribution is 2.54. The molecule has 1 saturated carbocycles. The van der Waals surface area contributed by atoms with Gasteiger partial charge in [0.25, 0.3) is 0 Å². The molecule has 1 aromatic rings. The predicted octanol–water partition coefficient (Wildman–Crippen LogP) is 2.65. The van der Waals surface area contributed by atoms with Crippen LogP contribution in [0.1, 0.15) is 26.2 Å². The summed E-state index contributed by atoms with van der Waals surface area (Å²) in [6.07, 6.45) is 1.78. The fourth-order valence-corrected chi connectivity index (χ4v) is 3.10. The Morgan fingerprint density at radius 2 is 2.06 bits per heavy atom. The van der Waals surface area contributed by atoms with Crippen molar-refractivity contribution >= 4 is 17.5 Å². The largest absolute Gasteiger partial charge is 0.391 e. The van der Waals surface area contributed by atoms with Gasteiger partial charge in [-0.25, -0.2) is 0 Å². The van der Waals surface area contributed by atoms with Gasteiger partial charge in [0.05, 0.1) is 6.10 Å². The van der Waals surface area contributed by atoms with E-state index < -0.39 is 6.10 Å². The molecule has 2 rings (SSSR count). The lowest BCUT2D eigenvalue weighted by Gasteiger charge is -2.20. The van der Waals surface area contributed by atoms with E-state index in [-0.39, 0.29) is 17.0 Å². The lowest BCUT2D eigenvalue weighted by Crippen LogP contribution is -2.26. The van der Waals surface area contributed by atoms with Crippen LogP contribution in [0.2, 0.25) is 0 Å². The number of hydrogen-bond acceptors (Lipinski definition) is 3. The van der Waals surface area contributed by atoms with Crippen LogP contribution in [0.15, 0.2) is 35.2 Å². The normalized spacial score (nSPS) is 19.1. The molecule has 0 aromatic heterocycles. The fraction of sp³-hybridized carbons (Fsp3) is 0.462. The number of carbonyl (C=O) groups excluding carboxylic acids is 1. The lowest BCUT2D eigenvalue weighted by atomic mass is 10.1. The number of aliphatic hydroxyl groups excluding tert-OH is 1. The molecule has 0 radical (unpaired) electrons.